The van der Waals surface area contributed by atoms with Gasteiger partial charge in [-0.15, -0.1) is 0 Å². The van der Waals surface area contributed by atoms with Crippen LogP contribution in [0.1, 0.15) is 12.0 Å². The largest absolute Gasteiger partial charge is 0.299 e. The highest BCUT2D eigenvalue weighted by atomic mass is 32.2. The van der Waals surface area contributed by atoms with E-state index >= 15 is 0 Å². The quantitative estimate of drug-likeness (QED) is 0.759. The van der Waals surface area contributed by atoms with E-state index in [1.165, 1.54) is 0 Å². The van der Waals surface area contributed by atoms with Crippen LogP contribution in [-0.2, 0) is 21.1 Å². The average molecular weight is 226 g/mol. The summed E-state index contributed by atoms with van der Waals surface area (Å²) in [4.78, 5) is 11.3. The van der Waals surface area contributed by atoms with Gasteiger partial charge in [0.15, 0.2) is 9.84 Å². The summed E-state index contributed by atoms with van der Waals surface area (Å²) in [6, 6.07) is 9.55. The molecule has 0 amide bonds. The number of benzene rings is 1. The van der Waals surface area contributed by atoms with Crippen LogP contribution in [-0.4, -0.2) is 26.2 Å². The highest BCUT2D eigenvalue weighted by molar-refractivity contribution is 7.91. The van der Waals surface area contributed by atoms with E-state index in [4.69, 9.17) is 0 Å². The van der Waals surface area contributed by atoms with Crippen molar-refractivity contribution in [3.63, 3.8) is 0 Å². The van der Waals surface area contributed by atoms with Crippen LogP contribution in [0.15, 0.2) is 30.3 Å². The lowest BCUT2D eigenvalue weighted by Crippen LogP contribution is -2.14. The smallest absolute Gasteiger partial charge is 0.154 e. The van der Waals surface area contributed by atoms with Gasteiger partial charge in [-0.25, -0.2) is 8.42 Å². The predicted octanol–water partition coefficient (Wildman–Crippen LogP) is 1.23. The summed E-state index contributed by atoms with van der Waals surface area (Å²) in [5.41, 5.74) is 1.05. The molecule has 0 atom stereocenters. The number of sulfone groups is 1. The highest BCUT2D eigenvalue weighted by Gasteiger charge is 2.10. The number of Topliss-reactive ketones (excluding diaryl/α,β-unsaturated/α-hetero) is 1. The fourth-order valence-electron chi connectivity index (χ4n) is 1.29. The Morgan fingerprint density at radius 1 is 1.20 bits per heavy atom. The van der Waals surface area contributed by atoms with Gasteiger partial charge in [0.05, 0.1) is 0 Å². The molecule has 1 rings (SSSR count). The van der Waals surface area contributed by atoms with Gasteiger partial charge >= 0.3 is 0 Å². The molecule has 4 heteroatoms. The molecule has 3 nitrogen and oxygen atoms in total. The van der Waals surface area contributed by atoms with Gasteiger partial charge in [0.25, 0.3) is 0 Å². The number of carbonyl (C=O) groups is 1. The predicted molar refractivity (Wildman–Crippen MR) is 59.5 cm³/mol. The van der Waals surface area contributed by atoms with Gasteiger partial charge in [0, 0.05) is 12.7 Å². The van der Waals surface area contributed by atoms with Gasteiger partial charge in [-0.2, -0.15) is 0 Å². The molecular weight excluding hydrogens is 212 g/mol. The zero-order valence-electron chi connectivity index (χ0n) is 8.64. The standard InChI is InChI=1S/C11H14O3S/c1-15(13,14)9-11(12)8-7-10-5-3-2-4-6-10/h2-6H,7-9H2,1H3. The third-order valence-electron chi connectivity index (χ3n) is 1.96. The molecular formula is C11H14O3S. The summed E-state index contributed by atoms with van der Waals surface area (Å²) < 4.78 is 21.7. The van der Waals surface area contributed by atoms with Gasteiger partial charge in [-0.1, -0.05) is 30.3 Å². The molecule has 0 saturated carbocycles. The maximum atomic E-state index is 11.3. The molecule has 0 aromatic heterocycles. The van der Waals surface area contributed by atoms with Crippen LogP contribution in [0.3, 0.4) is 0 Å². The van der Waals surface area contributed by atoms with E-state index in [1.807, 2.05) is 30.3 Å². The number of hydrogen-bond acceptors (Lipinski definition) is 3. The molecule has 0 N–H and O–H groups in total. The van der Waals surface area contributed by atoms with Crippen molar-refractivity contribution in [2.45, 2.75) is 12.8 Å². The van der Waals surface area contributed by atoms with Crippen LogP contribution in [0, 0.1) is 0 Å². The Kier molecular flexibility index (Phi) is 4.03. The first-order valence-electron chi connectivity index (χ1n) is 4.71. The van der Waals surface area contributed by atoms with Gasteiger partial charge in [-0.05, 0) is 12.0 Å². The van der Waals surface area contributed by atoms with Crippen LogP contribution >= 0.6 is 0 Å². The van der Waals surface area contributed by atoms with Crippen molar-refractivity contribution in [1.82, 2.24) is 0 Å². The highest BCUT2D eigenvalue weighted by Crippen LogP contribution is 2.03. The third-order valence-corrected chi connectivity index (χ3v) is 2.80. The maximum Gasteiger partial charge on any atom is 0.154 e. The lowest BCUT2D eigenvalue weighted by Gasteiger charge is -2.00. The first-order valence-corrected chi connectivity index (χ1v) is 6.77. The van der Waals surface area contributed by atoms with Crippen molar-refractivity contribution in [1.29, 1.82) is 0 Å². The van der Waals surface area contributed by atoms with E-state index in [0.717, 1.165) is 11.8 Å². The summed E-state index contributed by atoms with van der Waals surface area (Å²) in [5.74, 6) is -0.568. The molecule has 0 fully saturated rings. The fraction of sp³-hybridized carbons (Fsp3) is 0.364. The fourth-order valence-corrected chi connectivity index (χ4v) is 2.02. The van der Waals surface area contributed by atoms with E-state index in [9.17, 15) is 13.2 Å². The molecule has 82 valence electrons. The molecule has 15 heavy (non-hydrogen) atoms. The lowest BCUT2D eigenvalue weighted by atomic mass is 10.1. The van der Waals surface area contributed by atoms with Crippen molar-refractivity contribution in [2.75, 3.05) is 12.0 Å². The summed E-state index contributed by atoms with van der Waals surface area (Å²) in [6.45, 7) is 0. The minimum absolute atomic E-state index is 0.221. The summed E-state index contributed by atoms with van der Waals surface area (Å²) >= 11 is 0. The third kappa shape index (κ3) is 5.32. The van der Waals surface area contributed by atoms with E-state index in [1.54, 1.807) is 0 Å². The molecule has 0 aliphatic heterocycles. The number of aryl methyl sites for hydroxylation is 1. The number of carbonyl (C=O) groups excluding carboxylic acids is 1. The van der Waals surface area contributed by atoms with Crippen molar-refractivity contribution in [3.8, 4) is 0 Å². The molecule has 0 bridgehead atoms. The molecule has 1 aromatic carbocycles. The second kappa shape index (κ2) is 5.07. The van der Waals surface area contributed by atoms with Crippen LogP contribution in [0.2, 0.25) is 0 Å². The minimum Gasteiger partial charge on any atom is -0.299 e. The van der Waals surface area contributed by atoms with E-state index in [0.29, 0.717) is 6.42 Å². The van der Waals surface area contributed by atoms with Crippen LogP contribution < -0.4 is 0 Å². The van der Waals surface area contributed by atoms with Crippen LogP contribution in [0.4, 0.5) is 0 Å². The molecule has 1 aromatic rings. The first-order chi connectivity index (χ1) is 6.97. The lowest BCUT2D eigenvalue weighted by molar-refractivity contribution is -0.116. The molecule has 0 saturated heterocycles. The Morgan fingerprint density at radius 2 is 1.80 bits per heavy atom. The van der Waals surface area contributed by atoms with Crippen LogP contribution in [0.5, 0.6) is 0 Å². The van der Waals surface area contributed by atoms with Crippen LogP contribution in [0.25, 0.3) is 0 Å². The SMILES string of the molecule is CS(=O)(=O)CC(=O)CCc1ccccc1. The maximum absolute atomic E-state index is 11.3. The Bertz CT molecular complexity index is 420. The monoisotopic (exact) mass is 226 g/mol. The minimum atomic E-state index is -3.18. The van der Waals surface area contributed by atoms with Crippen molar-refractivity contribution < 1.29 is 13.2 Å². The van der Waals surface area contributed by atoms with Gasteiger partial charge in [0.1, 0.15) is 11.5 Å². The second-order valence-corrected chi connectivity index (χ2v) is 5.73. The second-order valence-electron chi connectivity index (χ2n) is 3.59. The molecule has 0 aliphatic rings. The average Bonchev–Trinajstić information content (AvgIpc) is 2.14. The van der Waals surface area contributed by atoms with E-state index < -0.39 is 9.84 Å². The number of rotatable bonds is 5. The summed E-state index contributed by atoms with van der Waals surface area (Å²) in [6.07, 6.45) is 1.97. The number of ketones is 1. The number of hydrogen-bond donors (Lipinski definition) is 0. The van der Waals surface area contributed by atoms with E-state index in [-0.39, 0.29) is 18.0 Å². The Morgan fingerprint density at radius 3 is 2.33 bits per heavy atom. The normalized spacial score (nSPS) is 11.3. The molecule has 0 spiro atoms. The molecule has 0 unspecified atom stereocenters. The van der Waals surface area contributed by atoms with Crippen molar-refractivity contribution >= 4 is 15.6 Å². The zero-order valence-corrected chi connectivity index (χ0v) is 9.46. The Hall–Kier alpha value is -1.16. The molecule has 0 aliphatic carbocycles. The summed E-state index contributed by atoms with van der Waals surface area (Å²) in [7, 11) is -3.18. The molecule has 0 radical (unpaired) electrons. The molecule has 0 heterocycles. The van der Waals surface area contributed by atoms with Gasteiger partial charge in [0.2, 0.25) is 0 Å². The first kappa shape index (κ1) is 11.9. The van der Waals surface area contributed by atoms with Crippen molar-refractivity contribution in [3.05, 3.63) is 35.9 Å². The van der Waals surface area contributed by atoms with Crippen molar-refractivity contribution in [2.24, 2.45) is 0 Å². The Balaban J connectivity index is 2.42. The Labute approximate surface area is 90.0 Å². The van der Waals surface area contributed by atoms with Gasteiger partial charge in [-0.3, -0.25) is 4.79 Å². The summed E-state index contributed by atoms with van der Waals surface area (Å²) in [5, 5.41) is 0. The topological polar surface area (TPSA) is 51.2 Å². The van der Waals surface area contributed by atoms with E-state index in [2.05, 4.69) is 0 Å². The zero-order chi connectivity index (χ0) is 11.3. The van der Waals surface area contributed by atoms with Gasteiger partial charge < -0.3 is 0 Å².